The molecule has 1 aromatic heterocycles. The zero-order valence-electron chi connectivity index (χ0n) is 8.88. The van der Waals surface area contributed by atoms with E-state index in [0.29, 0.717) is 10.3 Å². The van der Waals surface area contributed by atoms with Crippen molar-refractivity contribution in [3.63, 3.8) is 0 Å². The molecule has 0 aliphatic rings. The van der Waals surface area contributed by atoms with Gasteiger partial charge in [0.2, 0.25) is 0 Å². The Morgan fingerprint density at radius 2 is 1.78 bits per heavy atom. The second-order valence-electron chi connectivity index (χ2n) is 3.62. The van der Waals surface area contributed by atoms with Gasteiger partial charge in [-0.25, -0.2) is 4.39 Å². The zero-order chi connectivity index (χ0) is 13.3. The molecule has 1 heterocycles. The van der Waals surface area contributed by atoms with Crippen molar-refractivity contribution in [2.75, 3.05) is 0 Å². The van der Waals surface area contributed by atoms with Crippen LogP contribution in [0.1, 0.15) is 5.56 Å². The Morgan fingerprint density at radius 1 is 1.06 bits per heavy atom. The van der Waals surface area contributed by atoms with Gasteiger partial charge in [-0.15, -0.1) is 0 Å². The Kier molecular flexibility index (Phi) is 3.21. The Bertz CT molecular complexity index is 630. The minimum Gasteiger partial charge on any atom is -0.346 e. The minimum absolute atomic E-state index is 0.232. The van der Waals surface area contributed by atoms with Gasteiger partial charge in [0.15, 0.2) is 0 Å². The van der Waals surface area contributed by atoms with Crippen molar-refractivity contribution in [3.05, 3.63) is 52.4 Å². The third-order valence-corrected chi connectivity index (χ3v) is 2.59. The van der Waals surface area contributed by atoms with Gasteiger partial charge in [-0.2, -0.15) is 13.2 Å². The molecule has 0 saturated carbocycles. The molecule has 0 saturated heterocycles. The summed E-state index contributed by atoms with van der Waals surface area (Å²) in [5.41, 5.74) is -0.647. The van der Waals surface area contributed by atoms with E-state index in [1.165, 1.54) is 6.07 Å². The quantitative estimate of drug-likeness (QED) is 0.594. The van der Waals surface area contributed by atoms with Crippen LogP contribution in [0.3, 0.4) is 0 Å². The first kappa shape index (κ1) is 12.8. The van der Waals surface area contributed by atoms with Crippen molar-refractivity contribution in [2.24, 2.45) is 0 Å². The Balaban J connectivity index is 2.58. The number of hydrogen-bond donors (Lipinski definition) is 1. The summed E-state index contributed by atoms with van der Waals surface area (Å²) in [4.78, 5) is 2.75. The van der Waals surface area contributed by atoms with Crippen LogP contribution >= 0.6 is 12.2 Å². The summed E-state index contributed by atoms with van der Waals surface area (Å²) in [5, 5.41) is 0. The number of benzene rings is 1. The monoisotopic (exact) mass is 273 g/mol. The molecule has 1 aromatic carbocycles. The van der Waals surface area contributed by atoms with Crippen molar-refractivity contribution >= 4 is 12.2 Å². The predicted octanol–water partition coefficient (Wildman–Crippen LogP) is 4.57. The Morgan fingerprint density at radius 3 is 2.39 bits per heavy atom. The van der Waals surface area contributed by atoms with Gasteiger partial charge in [0.1, 0.15) is 10.5 Å². The number of H-pyrrole nitrogens is 1. The zero-order valence-corrected chi connectivity index (χ0v) is 9.70. The second kappa shape index (κ2) is 4.53. The van der Waals surface area contributed by atoms with Crippen LogP contribution in [0.25, 0.3) is 11.3 Å². The normalized spacial score (nSPS) is 11.6. The van der Waals surface area contributed by atoms with E-state index in [-0.39, 0.29) is 5.56 Å². The number of halogens is 4. The SMILES string of the molecule is Fc1ccc(-c2cccc(=S)[nH]2)cc1C(F)(F)F. The summed E-state index contributed by atoms with van der Waals surface area (Å²) < 4.78 is 51.2. The molecule has 0 bridgehead atoms. The third-order valence-electron chi connectivity index (χ3n) is 2.35. The van der Waals surface area contributed by atoms with E-state index >= 15 is 0 Å². The van der Waals surface area contributed by atoms with E-state index < -0.39 is 17.6 Å². The summed E-state index contributed by atoms with van der Waals surface area (Å²) >= 11 is 4.88. The van der Waals surface area contributed by atoms with Gasteiger partial charge in [0.05, 0.1) is 5.56 Å². The molecule has 2 rings (SSSR count). The maximum atomic E-state index is 13.1. The lowest BCUT2D eigenvalue weighted by molar-refractivity contribution is -0.139. The molecule has 0 unspecified atom stereocenters. The van der Waals surface area contributed by atoms with Crippen molar-refractivity contribution in [1.29, 1.82) is 0 Å². The van der Waals surface area contributed by atoms with Crippen molar-refractivity contribution in [1.82, 2.24) is 4.98 Å². The van der Waals surface area contributed by atoms with Crippen LogP contribution in [-0.2, 0) is 6.18 Å². The number of rotatable bonds is 1. The lowest BCUT2D eigenvalue weighted by atomic mass is 10.1. The molecule has 0 spiro atoms. The molecule has 6 heteroatoms. The fourth-order valence-electron chi connectivity index (χ4n) is 1.53. The molecule has 0 radical (unpaired) electrons. The van der Waals surface area contributed by atoms with E-state index in [0.717, 1.165) is 12.1 Å². The van der Waals surface area contributed by atoms with Crippen LogP contribution < -0.4 is 0 Å². The molecule has 0 amide bonds. The molecule has 0 atom stereocenters. The van der Waals surface area contributed by atoms with Gasteiger partial charge in [0.25, 0.3) is 0 Å². The van der Waals surface area contributed by atoms with Gasteiger partial charge < -0.3 is 4.98 Å². The predicted molar refractivity (Wildman–Crippen MR) is 62.0 cm³/mol. The lowest BCUT2D eigenvalue weighted by Crippen LogP contribution is -2.08. The number of nitrogens with one attached hydrogen (secondary N) is 1. The highest BCUT2D eigenvalue weighted by Gasteiger charge is 2.34. The van der Waals surface area contributed by atoms with Gasteiger partial charge in [0, 0.05) is 5.69 Å². The van der Waals surface area contributed by atoms with Gasteiger partial charge in [-0.05, 0) is 35.9 Å². The third kappa shape index (κ3) is 2.59. The van der Waals surface area contributed by atoms with Crippen LogP contribution in [0.2, 0.25) is 0 Å². The van der Waals surface area contributed by atoms with E-state index in [1.807, 2.05) is 0 Å². The van der Waals surface area contributed by atoms with Crippen molar-refractivity contribution in [2.45, 2.75) is 6.18 Å². The van der Waals surface area contributed by atoms with E-state index in [9.17, 15) is 17.6 Å². The maximum absolute atomic E-state index is 13.1. The molecule has 0 aliphatic heterocycles. The van der Waals surface area contributed by atoms with Crippen LogP contribution in [-0.4, -0.2) is 4.98 Å². The molecular formula is C12H7F4NS. The first-order valence-electron chi connectivity index (χ1n) is 4.94. The van der Waals surface area contributed by atoms with Gasteiger partial charge >= 0.3 is 6.18 Å². The second-order valence-corrected chi connectivity index (χ2v) is 4.06. The highest BCUT2D eigenvalue weighted by atomic mass is 32.1. The summed E-state index contributed by atoms with van der Waals surface area (Å²) in [6.45, 7) is 0. The van der Waals surface area contributed by atoms with Gasteiger partial charge in [-0.3, -0.25) is 0 Å². The van der Waals surface area contributed by atoms with E-state index in [1.54, 1.807) is 18.2 Å². The van der Waals surface area contributed by atoms with Crippen molar-refractivity contribution < 1.29 is 17.6 Å². The summed E-state index contributed by atoms with van der Waals surface area (Å²) in [5.74, 6) is -1.29. The number of pyridine rings is 1. The van der Waals surface area contributed by atoms with E-state index in [2.05, 4.69) is 4.98 Å². The summed E-state index contributed by atoms with van der Waals surface area (Å²) in [6, 6.07) is 7.62. The highest BCUT2D eigenvalue weighted by Crippen LogP contribution is 2.33. The van der Waals surface area contributed by atoms with Crippen LogP contribution in [0, 0.1) is 10.5 Å². The molecule has 94 valence electrons. The fraction of sp³-hybridized carbons (Fsp3) is 0.0833. The standard InChI is InChI=1S/C12H7F4NS/c13-9-5-4-7(6-8(9)12(14,15)16)10-2-1-3-11(18)17-10/h1-6H,(H,17,18). The lowest BCUT2D eigenvalue weighted by Gasteiger charge is -2.10. The largest absolute Gasteiger partial charge is 0.419 e. The minimum atomic E-state index is -4.72. The molecule has 0 aliphatic carbocycles. The van der Waals surface area contributed by atoms with E-state index in [4.69, 9.17) is 12.2 Å². The highest BCUT2D eigenvalue weighted by molar-refractivity contribution is 7.71. The molecule has 1 N–H and O–H groups in total. The van der Waals surface area contributed by atoms with Crippen molar-refractivity contribution in [3.8, 4) is 11.3 Å². The first-order chi connectivity index (χ1) is 8.38. The Labute approximate surface area is 105 Å². The molecule has 18 heavy (non-hydrogen) atoms. The van der Waals surface area contributed by atoms with Crippen LogP contribution in [0.5, 0.6) is 0 Å². The molecule has 2 aromatic rings. The average Bonchev–Trinajstić information content (AvgIpc) is 2.28. The number of aromatic amines is 1. The number of hydrogen-bond acceptors (Lipinski definition) is 1. The average molecular weight is 273 g/mol. The number of alkyl halides is 3. The number of aromatic nitrogens is 1. The maximum Gasteiger partial charge on any atom is 0.419 e. The smallest absolute Gasteiger partial charge is 0.346 e. The first-order valence-corrected chi connectivity index (χ1v) is 5.35. The molecular weight excluding hydrogens is 266 g/mol. The van der Waals surface area contributed by atoms with Crippen LogP contribution in [0.4, 0.5) is 17.6 Å². The summed E-state index contributed by atoms with van der Waals surface area (Å²) in [6.07, 6.45) is -4.72. The fourth-order valence-corrected chi connectivity index (χ4v) is 1.71. The molecule has 1 nitrogen and oxygen atoms in total. The topological polar surface area (TPSA) is 15.8 Å². The van der Waals surface area contributed by atoms with Crippen LogP contribution in [0.15, 0.2) is 36.4 Å². The molecule has 0 fully saturated rings. The van der Waals surface area contributed by atoms with Gasteiger partial charge in [-0.1, -0.05) is 18.3 Å². The Hall–Kier alpha value is -1.69. The summed E-state index contributed by atoms with van der Waals surface area (Å²) in [7, 11) is 0.